The van der Waals surface area contributed by atoms with Crippen LogP contribution in [0.3, 0.4) is 0 Å². The van der Waals surface area contributed by atoms with E-state index in [4.69, 9.17) is 31.7 Å². The van der Waals surface area contributed by atoms with Crippen molar-refractivity contribution in [2.75, 3.05) is 38.1 Å². The van der Waals surface area contributed by atoms with Crippen LogP contribution in [0, 0.1) is 0 Å². The maximum atomic E-state index is 13.1. The highest BCUT2D eigenvalue weighted by Crippen LogP contribution is 2.31. The number of amides is 2. The molecule has 1 aromatic heterocycles. The van der Waals surface area contributed by atoms with Crippen molar-refractivity contribution in [1.82, 2.24) is 19.8 Å². The Balaban J connectivity index is 1.13. The second kappa shape index (κ2) is 13.5. The third-order valence-electron chi connectivity index (χ3n) is 7.40. The minimum Gasteiger partial charge on any atom is -0.450 e. The molecule has 1 N–H and O–H groups in total. The van der Waals surface area contributed by atoms with E-state index in [0.717, 1.165) is 28.0 Å². The molecular formula is C35H31N5O4S. The summed E-state index contributed by atoms with van der Waals surface area (Å²) in [6.45, 7) is 4.24. The minimum absolute atomic E-state index is 0.268. The van der Waals surface area contributed by atoms with Gasteiger partial charge in [0.1, 0.15) is 5.75 Å². The number of rotatable bonds is 6. The van der Waals surface area contributed by atoms with E-state index in [2.05, 4.69) is 5.32 Å². The largest absolute Gasteiger partial charge is 0.450 e. The summed E-state index contributed by atoms with van der Waals surface area (Å²) in [5.41, 5.74) is 5.98. The summed E-state index contributed by atoms with van der Waals surface area (Å²) < 4.78 is 10.9. The van der Waals surface area contributed by atoms with Gasteiger partial charge >= 0.3 is 6.09 Å². The first-order valence-corrected chi connectivity index (χ1v) is 15.1. The Morgan fingerprint density at radius 1 is 0.756 bits per heavy atom. The lowest BCUT2D eigenvalue weighted by molar-refractivity contribution is 0.0901. The highest BCUT2D eigenvalue weighted by atomic mass is 32.1. The maximum Gasteiger partial charge on any atom is 0.409 e. The summed E-state index contributed by atoms with van der Waals surface area (Å²) in [6, 6.07) is 32.3. The number of nitrogens with one attached hydrogen (secondary N) is 1. The zero-order chi connectivity index (χ0) is 31.2. The molecule has 4 aromatic carbocycles. The lowest BCUT2D eigenvalue weighted by Gasteiger charge is -2.34. The molecule has 0 unspecified atom stereocenters. The quantitative estimate of drug-likeness (QED) is 0.212. The molecule has 9 nitrogen and oxygen atoms in total. The zero-order valence-electron chi connectivity index (χ0n) is 24.7. The first-order valence-electron chi connectivity index (χ1n) is 14.7. The predicted molar refractivity (Wildman–Crippen MR) is 178 cm³/mol. The van der Waals surface area contributed by atoms with Crippen molar-refractivity contribution in [2.24, 2.45) is 0 Å². The van der Waals surface area contributed by atoms with Gasteiger partial charge in [-0.15, -0.1) is 0 Å². The molecule has 10 heteroatoms. The molecule has 2 heterocycles. The topological polar surface area (TPSA) is 96.9 Å². The Hall–Kier alpha value is -5.35. The van der Waals surface area contributed by atoms with Gasteiger partial charge in [0.25, 0.3) is 11.1 Å². The summed E-state index contributed by atoms with van der Waals surface area (Å²) in [4.78, 5) is 38.6. The normalized spacial score (nSPS) is 12.9. The number of aromatic nitrogens is 2. The van der Waals surface area contributed by atoms with Crippen LogP contribution in [-0.4, -0.2) is 69.7 Å². The molecule has 1 aliphatic rings. The van der Waals surface area contributed by atoms with E-state index in [1.165, 1.54) is 0 Å². The lowest BCUT2D eigenvalue weighted by Crippen LogP contribution is -2.51. The number of hydrogen-bond acceptors (Lipinski definition) is 7. The third kappa shape index (κ3) is 6.91. The average Bonchev–Trinajstić information content (AvgIpc) is 3.09. The Morgan fingerprint density at radius 2 is 1.33 bits per heavy atom. The van der Waals surface area contributed by atoms with Crippen LogP contribution in [0.1, 0.15) is 17.3 Å². The molecule has 0 bridgehead atoms. The number of piperazine rings is 1. The molecule has 0 saturated carbocycles. The standard InChI is InChI=1S/C35H31N5O4S/c1-2-43-34(42)39-19-21-40(22-20-39)35(45)44-28-16-13-26(14-17-28)33(41)36-27-15-18-29-30(23-27)38-32(25-11-7-4-8-12-25)31(37-29)24-9-5-3-6-10-24/h3-18,23H,2,19-22H2,1H3,(H,36,41). The minimum atomic E-state index is -0.316. The van der Waals surface area contributed by atoms with Crippen LogP contribution in [0.2, 0.25) is 0 Å². The van der Waals surface area contributed by atoms with E-state index in [1.54, 1.807) is 36.1 Å². The molecule has 0 spiro atoms. The molecule has 6 rings (SSSR count). The van der Waals surface area contributed by atoms with Crippen molar-refractivity contribution in [3.63, 3.8) is 0 Å². The third-order valence-corrected chi connectivity index (χ3v) is 7.74. The summed E-state index contributed by atoms with van der Waals surface area (Å²) >= 11 is 5.48. The second-order valence-electron chi connectivity index (χ2n) is 10.4. The number of benzene rings is 4. The predicted octanol–water partition coefficient (Wildman–Crippen LogP) is 6.65. The number of hydrogen-bond donors (Lipinski definition) is 1. The van der Waals surface area contributed by atoms with Crippen LogP contribution in [-0.2, 0) is 4.74 Å². The monoisotopic (exact) mass is 617 g/mol. The van der Waals surface area contributed by atoms with E-state index in [-0.39, 0.29) is 12.0 Å². The molecule has 1 saturated heterocycles. The van der Waals surface area contributed by atoms with Crippen LogP contribution >= 0.6 is 12.2 Å². The van der Waals surface area contributed by atoms with Gasteiger partial charge in [-0.3, -0.25) is 4.79 Å². The molecule has 0 radical (unpaired) electrons. The fraction of sp³-hybridized carbons (Fsp3) is 0.171. The molecule has 0 aliphatic carbocycles. The molecule has 5 aromatic rings. The number of anilines is 1. The zero-order valence-corrected chi connectivity index (χ0v) is 25.5. The van der Waals surface area contributed by atoms with Gasteiger partial charge < -0.3 is 24.6 Å². The molecule has 2 amide bonds. The van der Waals surface area contributed by atoms with Crippen molar-refractivity contribution in [3.8, 4) is 28.3 Å². The summed E-state index contributed by atoms with van der Waals surface area (Å²) in [6.07, 6.45) is -0.316. The Kier molecular flexibility index (Phi) is 8.93. The van der Waals surface area contributed by atoms with Gasteiger partial charge in [-0.25, -0.2) is 14.8 Å². The van der Waals surface area contributed by atoms with E-state index in [1.807, 2.05) is 83.8 Å². The first-order chi connectivity index (χ1) is 22.0. The molecule has 1 aliphatic heterocycles. The average molecular weight is 618 g/mol. The highest BCUT2D eigenvalue weighted by molar-refractivity contribution is 7.80. The van der Waals surface area contributed by atoms with Crippen molar-refractivity contribution < 1.29 is 19.1 Å². The Bertz CT molecular complexity index is 1830. The Labute approximate surface area is 266 Å². The van der Waals surface area contributed by atoms with Crippen LogP contribution in [0.4, 0.5) is 10.5 Å². The van der Waals surface area contributed by atoms with Gasteiger partial charge in [0.2, 0.25) is 0 Å². The molecule has 0 atom stereocenters. The van der Waals surface area contributed by atoms with Crippen LogP contribution in [0.5, 0.6) is 5.75 Å². The molecule has 226 valence electrons. The van der Waals surface area contributed by atoms with Crippen molar-refractivity contribution in [2.45, 2.75) is 6.92 Å². The molecule has 1 fully saturated rings. The number of carbonyl (C=O) groups is 2. The van der Waals surface area contributed by atoms with Crippen molar-refractivity contribution >= 4 is 46.1 Å². The van der Waals surface area contributed by atoms with E-state index >= 15 is 0 Å². The summed E-state index contributed by atoms with van der Waals surface area (Å²) in [5.74, 6) is 0.253. The van der Waals surface area contributed by atoms with Gasteiger partial charge in [-0.2, -0.15) is 0 Å². The van der Waals surface area contributed by atoms with Gasteiger partial charge in [-0.05, 0) is 61.6 Å². The smallest absolute Gasteiger partial charge is 0.409 e. The summed E-state index contributed by atoms with van der Waals surface area (Å²) in [5, 5.41) is 3.28. The van der Waals surface area contributed by atoms with Gasteiger partial charge in [-0.1, -0.05) is 60.7 Å². The van der Waals surface area contributed by atoms with Gasteiger partial charge in [0.15, 0.2) is 0 Å². The number of thiocarbonyl (C=S) groups is 1. The molecule has 45 heavy (non-hydrogen) atoms. The number of ether oxygens (including phenoxy) is 2. The summed E-state index contributed by atoms with van der Waals surface area (Å²) in [7, 11) is 0. The van der Waals surface area contributed by atoms with Gasteiger partial charge in [0, 0.05) is 48.6 Å². The first kappa shape index (κ1) is 29.7. The van der Waals surface area contributed by atoms with Crippen LogP contribution < -0.4 is 10.1 Å². The number of nitrogens with zero attached hydrogens (tertiary/aromatic N) is 4. The van der Waals surface area contributed by atoms with Crippen LogP contribution in [0.25, 0.3) is 33.5 Å². The van der Waals surface area contributed by atoms with E-state index in [0.29, 0.717) is 60.5 Å². The fourth-order valence-electron chi connectivity index (χ4n) is 5.06. The SMILES string of the molecule is CCOC(=O)N1CCN(C(=S)Oc2ccc(C(=O)Nc3ccc4nc(-c5ccccc5)c(-c5ccccc5)nc4c3)cc2)CC1. The highest BCUT2D eigenvalue weighted by Gasteiger charge is 2.24. The number of carbonyl (C=O) groups excluding carboxylic acids is 2. The number of fused-ring (bicyclic) bond motifs is 1. The van der Waals surface area contributed by atoms with Crippen LogP contribution in [0.15, 0.2) is 103 Å². The second-order valence-corrected chi connectivity index (χ2v) is 10.7. The van der Waals surface area contributed by atoms with Gasteiger partial charge in [0.05, 0.1) is 29.0 Å². The van der Waals surface area contributed by atoms with E-state index in [9.17, 15) is 9.59 Å². The fourth-order valence-corrected chi connectivity index (χ4v) is 5.33. The molecular weight excluding hydrogens is 586 g/mol. The lowest BCUT2D eigenvalue weighted by atomic mass is 10.0. The van der Waals surface area contributed by atoms with Crippen molar-refractivity contribution in [3.05, 3.63) is 109 Å². The van der Waals surface area contributed by atoms with Crippen molar-refractivity contribution in [1.29, 1.82) is 0 Å². The van der Waals surface area contributed by atoms with E-state index < -0.39 is 0 Å². The maximum absolute atomic E-state index is 13.1. The Morgan fingerprint density at radius 3 is 1.93 bits per heavy atom.